The second kappa shape index (κ2) is 10.1. The van der Waals surface area contributed by atoms with E-state index in [2.05, 4.69) is 10.4 Å². The lowest BCUT2D eigenvalue weighted by Crippen LogP contribution is -2.35. The summed E-state index contributed by atoms with van der Waals surface area (Å²) in [7, 11) is 0. The lowest BCUT2D eigenvalue weighted by atomic mass is 10.1. The predicted octanol–water partition coefficient (Wildman–Crippen LogP) is 4.06. The molecule has 1 aliphatic rings. The van der Waals surface area contributed by atoms with Gasteiger partial charge in [0.2, 0.25) is 0 Å². The van der Waals surface area contributed by atoms with E-state index in [1.54, 1.807) is 12.3 Å². The number of likely N-dealkylation sites (tertiary alicyclic amines) is 1. The van der Waals surface area contributed by atoms with E-state index >= 15 is 0 Å². The second-order valence-corrected chi connectivity index (χ2v) is 7.82. The molecule has 2 heterocycles. The van der Waals surface area contributed by atoms with Crippen LogP contribution in [0.15, 0.2) is 65.6 Å². The summed E-state index contributed by atoms with van der Waals surface area (Å²) >= 11 is 0. The van der Waals surface area contributed by atoms with Gasteiger partial charge < -0.3 is 15.0 Å². The van der Waals surface area contributed by atoms with Crippen molar-refractivity contribution in [3.63, 3.8) is 0 Å². The molecule has 2 aromatic carbocycles. The zero-order valence-electron chi connectivity index (χ0n) is 18.3. The Bertz CT molecular complexity index is 1120. The molecule has 0 aliphatic carbocycles. The van der Waals surface area contributed by atoms with Crippen molar-refractivity contribution in [3.8, 4) is 5.75 Å². The third kappa shape index (κ3) is 4.99. The molecule has 1 N–H and O–H groups in total. The summed E-state index contributed by atoms with van der Waals surface area (Å²) in [6.45, 7) is 4.20. The smallest absolute Gasteiger partial charge is 0.294 e. The molecular weight excluding hydrogens is 404 g/mol. The van der Waals surface area contributed by atoms with Gasteiger partial charge in [0, 0.05) is 24.3 Å². The van der Waals surface area contributed by atoms with Gasteiger partial charge in [0.25, 0.3) is 11.5 Å². The molecule has 7 nitrogen and oxygen atoms in total. The van der Waals surface area contributed by atoms with E-state index in [0.717, 1.165) is 31.5 Å². The summed E-state index contributed by atoms with van der Waals surface area (Å²) in [6.07, 6.45) is 4.81. The van der Waals surface area contributed by atoms with Gasteiger partial charge in [-0.25, -0.2) is 4.68 Å². The average Bonchev–Trinajstić information content (AvgIpc) is 2.84. The van der Waals surface area contributed by atoms with Crippen LogP contribution in [0.3, 0.4) is 0 Å². The Morgan fingerprint density at radius 2 is 1.84 bits per heavy atom. The second-order valence-electron chi connectivity index (χ2n) is 7.82. The molecule has 32 heavy (non-hydrogen) atoms. The fourth-order valence-electron chi connectivity index (χ4n) is 3.88. The number of carbonyl (C=O) groups excluding carboxylic acids is 1. The molecule has 0 bridgehead atoms. The van der Waals surface area contributed by atoms with E-state index in [0.29, 0.717) is 35.8 Å². The SMILES string of the molecule is CCOc1cnn(Cc2ccccc2)c(=O)c1Nc1cccc(C(=O)N2CCCCC2)c1. The van der Waals surface area contributed by atoms with Gasteiger partial charge in [-0.15, -0.1) is 0 Å². The van der Waals surface area contributed by atoms with Gasteiger partial charge in [-0.1, -0.05) is 36.4 Å². The van der Waals surface area contributed by atoms with Crippen molar-refractivity contribution < 1.29 is 9.53 Å². The largest absolute Gasteiger partial charge is 0.490 e. The van der Waals surface area contributed by atoms with Crippen molar-refractivity contribution in [2.24, 2.45) is 0 Å². The molecule has 1 amide bonds. The van der Waals surface area contributed by atoms with Gasteiger partial charge in [-0.2, -0.15) is 5.10 Å². The van der Waals surface area contributed by atoms with Crippen LogP contribution in [0.4, 0.5) is 11.4 Å². The normalized spacial score (nSPS) is 13.6. The zero-order chi connectivity index (χ0) is 22.3. The Hall–Kier alpha value is -3.61. The predicted molar refractivity (Wildman–Crippen MR) is 125 cm³/mol. The topological polar surface area (TPSA) is 76.5 Å². The number of hydrogen-bond acceptors (Lipinski definition) is 5. The van der Waals surface area contributed by atoms with Crippen LogP contribution in [-0.2, 0) is 6.54 Å². The molecule has 7 heteroatoms. The van der Waals surface area contributed by atoms with E-state index in [9.17, 15) is 9.59 Å². The maximum absolute atomic E-state index is 13.2. The highest BCUT2D eigenvalue weighted by Crippen LogP contribution is 2.24. The van der Waals surface area contributed by atoms with Gasteiger partial charge in [0.05, 0.1) is 19.3 Å². The standard InChI is InChI=1S/C25H28N4O3/c1-2-32-22-17-26-29(18-19-10-5-3-6-11-19)25(31)23(22)27-21-13-9-12-20(16-21)24(30)28-14-7-4-8-15-28/h3,5-6,9-13,16-17,27H,2,4,7-8,14-15,18H2,1H3. The number of benzene rings is 2. The van der Waals surface area contributed by atoms with Crippen molar-refractivity contribution in [1.82, 2.24) is 14.7 Å². The monoisotopic (exact) mass is 432 g/mol. The van der Waals surface area contributed by atoms with Crippen molar-refractivity contribution >= 4 is 17.3 Å². The lowest BCUT2D eigenvalue weighted by Gasteiger charge is -2.26. The summed E-state index contributed by atoms with van der Waals surface area (Å²) in [5, 5.41) is 7.46. The Morgan fingerprint density at radius 1 is 1.06 bits per heavy atom. The van der Waals surface area contributed by atoms with E-state index in [1.165, 1.54) is 11.1 Å². The van der Waals surface area contributed by atoms with Gasteiger partial charge in [0.1, 0.15) is 0 Å². The first-order chi connectivity index (χ1) is 15.7. The van der Waals surface area contributed by atoms with Crippen LogP contribution in [0.5, 0.6) is 5.75 Å². The number of carbonyl (C=O) groups is 1. The maximum Gasteiger partial charge on any atom is 0.294 e. The minimum absolute atomic E-state index is 0.0228. The van der Waals surface area contributed by atoms with Crippen LogP contribution in [0, 0.1) is 0 Å². The van der Waals surface area contributed by atoms with Crippen LogP contribution in [0.1, 0.15) is 42.1 Å². The van der Waals surface area contributed by atoms with Crippen molar-refractivity contribution in [2.75, 3.05) is 25.0 Å². The number of ether oxygens (including phenoxy) is 1. The van der Waals surface area contributed by atoms with E-state index < -0.39 is 0 Å². The van der Waals surface area contributed by atoms with E-state index in [4.69, 9.17) is 4.74 Å². The Morgan fingerprint density at radius 3 is 2.59 bits per heavy atom. The number of anilines is 2. The summed E-state index contributed by atoms with van der Waals surface area (Å²) in [6, 6.07) is 17.0. The third-order valence-corrected chi connectivity index (χ3v) is 5.51. The molecule has 0 spiro atoms. The number of piperidine rings is 1. The van der Waals surface area contributed by atoms with Gasteiger partial charge >= 0.3 is 0 Å². The molecular formula is C25H28N4O3. The van der Waals surface area contributed by atoms with Crippen LogP contribution < -0.4 is 15.6 Å². The highest BCUT2D eigenvalue weighted by atomic mass is 16.5. The molecule has 4 rings (SSSR count). The lowest BCUT2D eigenvalue weighted by molar-refractivity contribution is 0.0724. The minimum Gasteiger partial charge on any atom is -0.490 e. The average molecular weight is 433 g/mol. The first kappa shape index (κ1) is 21.6. The number of hydrogen-bond donors (Lipinski definition) is 1. The van der Waals surface area contributed by atoms with Crippen molar-refractivity contribution in [1.29, 1.82) is 0 Å². The number of rotatable bonds is 7. The van der Waals surface area contributed by atoms with Crippen LogP contribution in [-0.4, -0.2) is 40.3 Å². The van der Waals surface area contributed by atoms with Gasteiger partial charge in [-0.05, 0) is 49.9 Å². The first-order valence-corrected chi connectivity index (χ1v) is 11.1. The van der Waals surface area contributed by atoms with Crippen LogP contribution in [0.2, 0.25) is 0 Å². The molecule has 0 unspecified atom stereocenters. The van der Waals surface area contributed by atoms with Crippen molar-refractivity contribution in [3.05, 3.63) is 82.3 Å². The summed E-state index contributed by atoms with van der Waals surface area (Å²) in [5.41, 5.74) is 2.26. The van der Waals surface area contributed by atoms with E-state index in [1.807, 2.05) is 60.4 Å². The highest BCUT2D eigenvalue weighted by molar-refractivity contribution is 5.95. The molecule has 0 atom stereocenters. The number of nitrogens with one attached hydrogen (secondary N) is 1. The van der Waals surface area contributed by atoms with Gasteiger partial charge in [0.15, 0.2) is 11.4 Å². The first-order valence-electron chi connectivity index (χ1n) is 11.1. The molecule has 166 valence electrons. The maximum atomic E-state index is 13.2. The number of nitrogens with zero attached hydrogens (tertiary/aromatic N) is 3. The quantitative estimate of drug-likeness (QED) is 0.609. The Balaban J connectivity index is 1.62. The fraction of sp³-hybridized carbons (Fsp3) is 0.320. The molecule has 1 aliphatic heterocycles. The van der Waals surface area contributed by atoms with Gasteiger partial charge in [-0.3, -0.25) is 9.59 Å². The van der Waals surface area contributed by atoms with Crippen LogP contribution >= 0.6 is 0 Å². The van der Waals surface area contributed by atoms with Crippen molar-refractivity contribution in [2.45, 2.75) is 32.7 Å². The molecule has 0 saturated carbocycles. The third-order valence-electron chi connectivity index (χ3n) is 5.51. The molecule has 1 fully saturated rings. The zero-order valence-corrected chi connectivity index (χ0v) is 18.3. The molecule has 0 radical (unpaired) electrons. The summed E-state index contributed by atoms with van der Waals surface area (Å²) < 4.78 is 7.06. The number of aromatic nitrogens is 2. The molecule has 3 aromatic rings. The Labute approximate surface area is 187 Å². The van der Waals surface area contributed by atoms with Crippen LogP contribution in [0.25, 0.3) is 0 Å². The molecule has 1 aromatic heterocycles. The minimum atomic E-state index is -0.285. The summed E-state index contributed by atoms with van der Waals surface area (Å²) in [4.78, 5) is 28.0. The summed E-state index contributed by atoms with van der Waals surface area (Å²) in [5.74, 6) is 0.407. The molecule has 1 saturated heterocycles. The Kier molecular flexibility index (Phi) is 6.84. The fourth-order valence-corrected chi connectivity index (χ4v) is 3.88. The highest BCUT2D eigenvalue weighted by Gasteiger charge is 2.19. The number of amides is 1. The van der Waals surface area contributed by atoms with E-state index in [-0.39, 0.29) is 11.5 Å².